The summed E-state index contributed by atoms with van der Waals surface area (Å²) in [6.45, 7) is 1.93. The highest BCUT2D eigenvalue weighted by atomic mass is 35.5. The summed E-state index contributed by atoms with van der Waals surface area (Å²) in [5.74, 6) is 0.0572. The maximum absolute atomic E-state index is 11.9. The van der Waals surface area contributed by atoms with E-state index < -0.39 is 0 Å². The number of nitrogens with one attached hydrogen (secondary N) is 1. The lowest BCUT2D eigenvalue weighted by Crippen LogP contribution is -2.19. The Hall–Kier alpha value is -0.710. The van der Waals surface area contributed by atoms with Crippen LogP contribution in [0.1, 0.15) is 45.4 Å². The molecule has 0 radical (unpaired) electrons. The van der Waals surface area contributed by atoms with E-state index in [1.54, 1.807) is 0 Å². The van der Waals surface area contributed by atoms with E-state index in [-0.39, 0.29) is 24.4 Å². The van der Waals surface area contributed by atoms with Crippen molar-refractivity contribution in [3.05, 3.63) is 24.3 Å². The van der Waals surface area contributed by atoms with Crippen LogP contribution >= 0.6 is 24.2 Å². The molecular weight excluding hydrogens is 304 g/mol. The number of carbonyl (C=O) groups excluding carboxylic acids is 1. The van der Waals surface area contributed by atoms with E-state index in [1.165, 1.54) is 30.6 Å². The van der Waals surface area contributed by atoms with Gasteiger partial charge in [-0.05, 0) is 38.3 Å². The Labute approximate surface area is 137 Å². The van der Waals surface area contributed by atoms with Crippen LogP contribution in [0.2, 0.25) is 0 Å². The zero-order chi connectivity index (χ0) is 14.4. The van der Waals surface area contributed by atoms with Gasteiger partial charge >= 0.3 is 0 Å². The summed E-state index contributed by atoms with van der Waals surface area (Å²) in [6, 6.07) is 8.17. The number of thioether (sulfide) groups is 1. The van der Waals surface area contributed by atoms with Gasteiger partial charge in [0.1, 0.15) is 0 Å². The number of rotatable bonds is 6. The lowest BCUT2D eigenvalue weighted by Gasteiger charge is -2.14. The van der Waals surface area contributed by atoms with Crippen molar-refractivity contribution in [2.24, 2.45) is 5.73 Å². The molecule has 0 saturated heterocycles. The van der Waals surface area contributed by atoms with E-state index in [4.69, 9.17) is 5.73 Å². The van der Waals surface area contributed by atoms with Gasteiger partial charge < -0.3 is 11.1 Å². The number of amides is 1. The van der Waals surface area contributed by atoms with E-state index in [9.17, 15) is 4.79 Å². The maximum atomic E-state index is 11.9. The van der Waals surface area contributed by atoms with Crippen LogP contribution < -0.4 is 11.1 Å². The summed E-state index contributed by atoms with van der Waals surface area (Å²) in [7, 11) is 0. The van der Waals surface area contributed by atoms with Gasteiger partial charge in [0.15, 0.2) is 0 Å². The van der Waals surface area contributed by atoms with Gasteiger partial charge in [-0.2, -0.15) is 0 Å². The second-order valence-electron chi connectivity index (χ2n) is 5.58. The molecule has 3 N–H and O–H groups in total. The topological polar surface area (TPSA) is 55.1 Å². The van der Waals surface area contributed by atoms with E-state index in [1.807, 2.05) is 36.9 Å². The van der Waals surface area contributed by atoms with E-state index in [0.717, 1.165) is 12.1 Å². The van der Waals surface area contributed by atoms with Crippen LogP contribution in [0.5, 0.6) is 0 Å². The summed E-state index contributed by atoms with van der Waals surface area (Å²) in [5.41, 5.74) is 6.63. The number of hydrogen-bond acceptors (Lipinski definition) is 3. The third-order valence-electron chi connectivity index (χ3n) is 3.58. The van der Waals surface area contributed by atoms with E-state index in [2.05, 4.69) is 11.4 Å². The smallest absolute Gasteiger partial charge is 0.224 e. The van der Waals surface area contributed by atoms with Gasteiger partial charge in [-0.1, -0.05) is 25.0 Å². The molecule has 2 rings (SSSR count). The van der Waals surface area contributed by atoms with Crippen molar-refractivity contribution in [2.75, 3.05) is 5.32 Å². The van der Waals surface area contributed by atoms with Gasteiger partial charge in [0.25, 0.3) is 0 Å². The minimum Gasteiger partial charge on any atom is -0.328 e. The van der Waals surface area contributed by atoms with Gasteiger partial charge in [-0.3, -0.25) is 4.79 Å². The fraction of sp³-hybridized carbons (Fsp3) is 0.562. The van der Waals surface area contributed by atoms with Crippen molar-refractivity contribution in [3.63, 3.8) is 0 Å². The van der Waals surface area contributed by atoms with Crippen LogP contribution in [0.4, 0.5) is 5.69 Å². The lowest BCUT2D eigenvalue weighted by atomic mass is 10.2. The van der Waals surface area contributed by atoms with Crippen molar-refractivity contribution in [3.8, 4) is 0 Å². The molecule has 1 atom stereocenters. The number of hydrogen-bond donors (Lipinski definition) is 2. The Kier molecular flexibility index (Phi) is 8.15. The zero-order valence-corrected chi connectivity index (χ0v) is 14.1. The van der Waals surface area contributed by atoms with Crippen molar-refractivity contribution in [1.82, 2.24) is 0 Å². The quantitative estimate of drug-likeness (QED) is 0.822. The Morgan fingerprint density at radius 1 is 1.38 bits per heavy atom. The van der Waals surface area contributed by atoms with Crippen molar-refractivity contribution >= 4 is 35.8 Å². The average molecular weight is 329 g/mol. The summed E-state index contributed by atoms with van der Waals surface area (Å²) in [6.07, 6.45) is 6.46. The monoisotopic (exact) mass is 328 g/mol. The zero-order valence-electron chi connectivity index (χ0n) is 12.5. The highest BCUT2D eigenvalue weighted by Gasteiger charge is 2.18. The summed E-state index contributed by atoms with van der Waals surface area (Å²) >= 11 is 1.90. The van der Waals surface area contributed by atoms with Crippen LogP contribution in [0, 0.1) is 0 Å². The Morgan fingerprint density at radius 3 is 2.71 bits per heavy atom. The first-order valence-corrected chi connectivity index (χ1v) is 8.34. The van der Waals surface area contributed by atoms with Gasteiger partial charge in [0.05, 0.1) is 5.69 Å². The number of carbonyl (C=O) groups is 1. The van der Waals surface area contributed by atoms with Gasteiger partial charge in [0.2, 0.25) is 5.91 Å². The molecule has 1 aromatic rings. The van der Waals surface area contributed by atoms with Crippen LogP contribution in [0.25, 0.3) is 0 Å². The average Bonchev–Trinajstić information content (AvgIpc) is 2.92. The molecule has 1 fully saturated rings. The van der Waals surface area contributed by atoms with Crippen molar-refractivity contribution < 1.29 is 4.79 Å². The Balaban J connectivity index is 0.00000220. The highest BCUT2D eigenvalue weighted by molar-refractivity contribution is 8.00. The molecule has 0 bridgehead atoms. The molecule has 3 nitrogen and oxygen atoms in total. The second-order valence-corrected chi connectivity index (χ2v) is 6.93. The molecule has 21 heavy (non-hydrogen) atoms. The molecule has 1 aliphatic carbocycles. The molecular formula is C16H25ClN2OS. The number of para-hydroxylation sites is 1. The summed E-state index contributed by atoms with van der Waals surface area (Å²) in [4.78, 5) is 13.1. The van der Waals surface area contributed by atoms with Gasteiger partial charge in [-0.25, -0.2) is 0 Å². The predicted octanol–water partition coefficient (Wildman–Crippen LogP) is 4.21. The van der Waals surface area contributed by atoms with Crippen LogP contribution in [-0.2, 0) is 4.79 Å². The number of anilines is 1. The van der Waals surface area contributed by atoms with Crippen molar-refractivity contribution in [2.45, 2.75) is 61.6 Å². The molecule has 5 heteroatoms. The second kappa shape index (κ2) is 9.34. The standard InChI is InChI=1S/C16H24N2OS.ClH/c1-12(17)10-11-16(19)18-14-8-4-5-9-15(14)20-13-6-2-3-7-13;/h4-5,8-9,12-13H,2-3,6-7,10-11,17H2,1H3,(H,18,19);1H. The van der Waals surface area contributed by atoms with Gasteiger partial charge in [0, 0.05) is 22.6 Å². The van der Waals surface area contributed by atoms with Gasteiger partial charge in [-0.15, -0.1) is 24.2 Å². The molecule has 1 saturated carbocycles. The number of benzene rings is 1. The predicted molar refractivity (Wildman–Crippen MR) is 93.3 cm³/mol. The largest absolute Gasteiger partial charge is 0.328 e. The first-order valence-electron chi connectivity index (χ1n) is 7.46. The highest BCUT2D eigenvalue weighted by Crippen LogP contribution is 2.37. The molecule has 0 spiro atoms. The lowest BCUT2D eigenvalue weighted by molar-refractivity contribution is -0.116. The van der Waals surface area contributed by atoms with Crippen LogP contribution in [0.3, 0.4) is 0 Å². The summed E-state index contributed by atoms with van der Waals surface area (Å²) < 4.78 is 0. The fourth-order valence-corrected chi connectivity index (χ4v) is 3.76. The molecule has 0 heterocycles. The molecule has 118 valence electrons. The van der Waals surface area contributed by atoms with Crippen molar-refractivity contribution in [1.29, 1.82) is 0 Å². The first kappa shape index (κ1) is 18.3. The Morgan fingerprint density at radius 2 is 2.05 bits per heavy atom. The normalized spacial score (nSPS) is 16.3. The van der Waals surface area contributed by atoms with E-state index in [0.29, 0.717) is 11.7 Å². The molecule has 1 amide bonds. The Bertz CT molecular complexity index is 448. The SMILES string of the molecule is CC(N)CCC(=O)Nc1ccccc1SC1CCCC1.Cl. The molecule has 0 aliphatic heterocycles. The maximum Gasteiger partial charge on any atom is 0.224 e. The molecule has 0 aromatic heterocycles. The van der Waals surface area contributed by atoms with Crippen LogP contribution in [0.15, 0.2) is 29.2 Å². The minimum atomic E-state index is 0. The third kappa shape index (κ3) is 6.29. The molecule has 1 unspecified atom stereocenters. The first-order chi connectivity index (χ1) is 9.65. The van der Waals surface area contributed by atoms with Crippen LogP contribution in [-0.4, -0.2) is 17.2 Å². The fourth-order valence-electron chi connectivity index (χ4n) is 2.43. The molecule has 1 aromatic carbocycles. The number of nitrogens with two attached hydrogens (primary N) is 1. The molecule has 1 aliphatic rings. The minimum absolute atomic E-state index is 0. The van der Waals surface area contributed by atoms with E-state index >= 15 is 0 Å². The summed E-state index contributed by atoms with van der Waals surface area (Å²) in [5, 5.41) is 3.73. The third-order valence-corrected chi connectivity index (χ3v) is 5.00. The number of halogens is 1.